The second kappa shape index (κ2) is 10.7. The van der Waals surface area contributed by atoms with Crippen molar-refractivity contribution < 1.29 is 14.3 Å². The maximum absolute atomic E-state index is 10.9. The summed E-state index contributed by atoms with van der Waals surface area (Å²) in [6.45, 7) is 6.85. The number of rotatable bonds is 9. The van der Waals surface area contributed by atoms with E-state index in [1.165, 1.54) is 0 Å². The molecule has 2 heterocycles. The number of benzene rings is 1. The predicted molar refractivity (Wildman–Crippen MR) is 127 cm³/mol. The molecule has 2 aromatic rings. The zero-order valence-electron chi connectivity index (χ0n) is 18.1. The number of primary amides is 1. The van der Waals surface area contributed by atoms with Crippen LogP contribution in [-0.2, 0) is 16.0 Å². The lowest BCUT2D eigenvalue weighted by Gasteiger charge is -2.37. The number of aromatic nitrogens is 1. The van der Waals surface area contributed by atoms with E-state index >= 15 is 0 Å². The standard InChI is InChI=1S/C22H26Cl2N4O3S/c1-14(2)19-20(32-18-11-15(23)10-16(24)12-18)28(13-17-6-4-5-7-26-17)22(3,27-19)31-9-8-30-21(25)29/h4-7,10-12,14,27H,8-9,13H2,1-3H3,(H2,25,29). The van der Waals surface area contributed by atoms with Gasteiger partial charge in [0.2, 0.25) is 5.85 Å². The first-order valence-electron chi connectivity index (χ1n) is 10.1. The number of nitrogens with zero attached hydrogens (tertiary/aromatic N) is 2. The van der Waals surface area contributed by atoms with Crippen molar-refractivity contribution in [3.8, 4) is 0 Å². The smallest absolute Gasteiger partial charge is 0.404 e. The molecule has 32 heavy (non-hydrogen) atoms. The molecular formula is C22H26Cl2N4O3S. The van der Waals surface area contributed by atoms with Crippen LogP contribution in [0, 0.1) is 5.92 Å². The van der Waals surface area contributed by atoms with Crippen LogP contribution in [0.2, 0.25) is 10.0 Å². The maximum atomic E-state index is 10.9. The number of carbonyl (C=O) groups is 1. The Hall–Kier alpha value is -2.13. The fourth-order valence-corrected chi connectivity index (χ4v) is 5.28. The van der Waals surface area contributed by atoms with Crippen molar-refractivity contribution in [2.24, 2.45) is 11.7 Å². The average molecular weight is 497 g/mol. The van der Waals surface area contributed by atoms with Gasteiger partial charge in [-0.15, -0.1) is 0 Å². The van der Waals surface area contributed by atoms with Crippen LogP contribution in [0.5, 0.6) is 0 Å². The summed E-state index contributed by atoms with van der Waals surface area (Å²) < 4.78 is 11.0. The highest BCUT2D eigenvalue weighted by atomic mass is 35.5. The number of hydrogen-bond acceptors (Lipinski definition) is 7. The first-order chi connectivity index (χ1) is 15.2. The van der Waals surface area contributed by atoms with Gasteiger partial charge in [-0.05, 0) is 36.2 Å². The number of amides is 1. The van der Waals surface area contributed by atoms with Gasteiger partial charge in [-0.25, -0.2) is 4.79 Å². The quantitative estimate of drug-likeness (QED) is 0.461. The molecule has 1 amide bonds. The second-order valence-electron chi connectivity index (χ2n) is 7.61. The van der Waals surface area contributed by atoms with E-state index in [2.05, 4.69) is 29.0 Å². The van der Waals surface area contributed by atoms with Crippen LogP contribution in [0.25, 0.3) is 0 Å². The fraction of sp³-hybridized carbons (Fsp3) is 0.364. The Kier molecular flexibility index (Phi) is 8.16. The molecule has 1 aromatic carbocycles. The van der Waals surface area contributed by atoms with Crippen LogP contribution in [0.15, 0.2) is 58.2 Å². The summed E-state index contributed by atoms with van der Waals surface area (Å²) >= 11 is 14.0. The Balaban J connectivity index is 1.94. The van der Waals surface area contributed by atoms with Gasteiger partial charge in [-0.3, -0.25) is 4.98 Å². The Morgan fingerprint density at radius 2 is 1.97 bits per heavy atom. The molecule has 7 nitrogen and oxygen atoms in total. The third kappa shape index (κ3) is 6.22. The number of pyridine rings is 1. The molecule has 172 valence electrons. The van der Waals surface area contributed by atoms with Gasteiger partial charge in [0.15, 0.2) is 0 Å². The molecule has 0 saturated carbocycles. The highest BCUT2D eigenvalue weighted by molar-refractivity contribution is 8.03. The monoisotopic (exact) mass is 496 g/mol. The van der Waals surface area contributed by atoms with E-state index in [0.717, 1.165) is 21.3 Å². The lowest BCUT2D eigenvalue weighted by molar-refractivity contribution is -0.142. The van der Waals surface area contributed by atoms with E-state index in [9.17, 15) is 4.79 Å². The normalized spacial score (nSPS) is 18.2. The molecule has 0 radical (unpaired) electrons. The van der Waals surface area contributed by atoms with Gasteiger partial charge < -0.3 is 25.4 Å². The van der Waals surface area contributed by atoms with Crippen LogP contribution in [0.3, 0.4) is 0 Å². The highest BCUT2D eigenvalue weighted by Crippen LogP contribution is 2.43. The van der Waals surface area contributed by atoms with Crippen molar-refractivity contribution in [3.05, 3.63) is 69.1 Å². The molecule has 0 spiro atoms. The molecule has 0 bridgehead atoms. The predicted octanol–water partition coefficient (Wildman–Crippen LogP) is 5.20. The van der Waals surface area contributed by atoms with E-state index in [1.54, 1.807) is 24.0 Å². The molecule has 0 aliphatic carbocycles. The summed E-state index contributed by atoms with van der Waals surface area (Å²) in [5.74, 6) is -0.714. The van der Waals surface area contributed by atoms with E-state index in [1.807, 2.05) is 37.3 Å². The molecule has 3 rings (SSSR count). The van der Waals surface area contributed by atoms with E-state index < -0.39 is 11.9 Å². The Morgan fingerprint density at radius 1 is 1.25 bits per heavy atom. The minimum absolute atomic E-state index is 0.0490. The highest BCUT2D eigenvalue weighted by Gasteiger charge is 2.43. The van der Waals surface area contributed by atoms with Crippen LogP contribution < -0.4 is 11.1 Å². The van der Waals surface area contributed by atoms with E-state index in [4.69, 9.17) is 38.4 Å². The number of allylic oxidation sites excluding steroid dienone is 1. The van der Waals surface area contributed by atoms with Crippen molar-refractivity contribution in [1.82, 2.24) is 15.2 Å². The van der Waals surface area contributed by atoms with Crippen molar-refractivity contribution in [1.29, 1.82) is 0 Å². The minimum Gasteiger partial charge on any atom is -0.447 e. The number of halogens is 2. The van der Waals surface area contributed by atoms with Crippen molar-refractivity contribution in [2.75, 3.05) is 13.2 Å². The molecule has 1 unspecified atom stereocenters. The zero-order valence-corrected chi connectivity index (χ0v) is 20.4. The molecule has 0 saturated heterocycles. The summed E-state index contributed by atoms with van der Waals surface area (Å²) in [6, 6.07) is 11.2. The van der Waals surface area contributed by atoms with E-state index in [-0.39, 0.29) is 19.1 Å². The van der Waals surface area contributed by atoms with Gasteiger partial charge >= 0.3 is 6.09 Å². The summed E-state index contributed by atoms with van der Waals surface area (Å²) in [6.07, 6.45) is 0.924. The molecule has 1 aromatic heterocycles. The summed E-state index contributed by atoms with van der Waals surface area (Å²) in [5.41, 5.74) is 6.95. The molecule has 10 heteroatoms. The number of nitrogens with one attached hydrogen (secondary N) is 1. The van der Waals surface area contributed by atoms with Crippen LogP contribution in [0.1, 0.15) is 26.5 Å². The number of hydrogen-bond donors (Lipinski definition) is 2. The van der Waals surface area contributed by atoms with Crippen molar-refractivity contribution in [3.63, 3.8) is 0 Å². The van der Waals surface area contributed by atoms with Gasteiger partial charge in [-0.2, -0.15) is 0 Å². The second-order valence-corrected chi connectivity index (χ2v) is 9.55. The maximum Gasteiger partial charge on any atom is 0.404 e. The van der Waals surface area contributed by atoms with Crippen molar-refractivity contribution in [2.45, 2.75) is 38.1 Å². The fourth-order valence-electron chi connectivity index (χ4n) is 3.28. The van der Waals surface area contributed by atoms with Gasteiger partial charge in [0.05, 0.1) is 23.9 Å². The average Bonchev–Trinajstić information content (AvgIpc) is 2.98. The molecular weight excluding hydrogens is 471 g/mol. The Bertz CT molecular complexity index is 970. The summed E-state index contributed by atoms with van der Waals surface area (Å²) in [4.78, 5) is 18.4. The zero-order chi connectivity index (χ0) is 23.3. The lowest BCUT2D eigenvalue weighted by Crippen LogP contribution is -2.52. The van der Waals surface area contributed by atoms with Gasteiger partial charge in [0, 0.05) is 33.8 Å². The van der Waals surface area contributed by atoms with E-state index in [0.29, 0.717) is 16.6 Å². The van der Waals surface area contributed by atoms with Crippen LogP contribution in [-0.4, -0.2) is 35.0 Å². The number of nitrogens with two attached hydrogens (primary N) is 1. The first-order valence-corrected chi connectivity index (χ1v) is 11.6. The van der Waals surface area contributed by atoms with Gasteiger partial charge in [0.25, 0.3) is 0 Å². The molecule has 3 N–H and O–H groups in total. The van der Waals surface area contributed by atoms with Crippen LogP contribution >= 0.6 is 35.0 Å². The number of ether oxygens (including phenoxy) is 2. The third-order valence-corrected chi connectivity index (χ3v) is 6.28. The molecule has 1 aliphatic rings. The number of carbonyl (C=O) groups excluding carboxylic acids is 1. The van der Waals surface area contributed by atoms with Crippen LogP contribution in [0.4, 0.5) is 4.79 Å². The Labute approximate surface area is 202 Å². The minimum atomic E-state index is -0.900. The largest absolute Gasteiger partial charge is 0.447 e. The summed E-state index contributed by atoms with van der Waals surface area (Å²) in [5, 5.41) is 5.63. The molecule has 1 aliphatic heterocycles. The first kappa shape index (κ1) is 24.5. The number of thioether (sulfide) groups is 1. The SMILES string of the molecule is CC(C)C1=C(Sc2cc(Cl)cc(Cl)c2)N(Cc2ccccn2)C(C)(OCCOC(N)=O)N1. The third-order valence-electron chi connectivity index (χ3n) is 4.74. The Morgan fingerprint density at radius 3 is 2.56 bits per heavy atom. The molecule has 0 fully saturated rings. The topological polar surface area (TPSA) is 89.7 Å². The lowest BCUT2D eigenvalue weighted by atomic mass is 10.1. The van der Waals surface area contributed by atoms with Crippen molar-refractivity contribution >= 4 is 41.1 Å². The van der Waals surface area contributed by atoms with Gasteiger partial charge in [0.1, 0.15) is 6.61 Å². The summed E-state index contributed by atoms with van der Waals surface area (Å²) in [7, 11) is 0. The molecule has 1 atom stereocenters. The van der Waals surface area contributed by atoms with Gasteiger partial charge in [-0.1, -0.05) is 54.9 Å².